The number of fused-ring (bicyclic) bond motifs is 4. The van der Waals surface area contributed by atoms with E-state index in [2.05, 4.69) is 15.3 Å². The molecule has 0 spiro atoms. The third kappa shape index (κ3) is 3.62. The summed E-state index contributed by atoms with van der Waals surface area (Å²) < 4.78 is 34.9. The minimum absolute atomic E-state index is 0.253. The van der Waals surface area contributed by atoms with E-state index in [1.165, 1.54) is 10.6 Å². The topological polar surface area (TPSA) is 87.7 Å². The highest BCUT2D eigenvalue weighted by molar-refractivity contribution is 7.89. The molecule has 2 aromatic carbocycles. The zero-order valence-corrected chi connectivity index (χ0v) is 18.8. The van der Waals surface area contributed by atoms with Crippen LogP contribution in [0.1, 0.15) is 22.9 Å². The molecule has 1 aromatic heterocycles. The molecule has 2 bridgehead atoms. The molecule has 32 heavy (non-hydrogen) atoms. The predicted molar refractivity (Wildman–Crippen MR) is 122 cm³/mol. The number of nitrogens with zero attached hydrogens (tertiary/aromatic N) is 4. The van der Waals surface area contributed by atoms with Gasteiger partial charge in [0.2, 0.25) is 10.0 Å². The molecule has 9 heteroatoms. The molecule has 2 aliphatic rings. The maximum atomic E-state index is 13.7. The van der Waals surface area contributed by atoms with Crippen molar-refractivity contribution in [3.05, 3.63) is 77.6 Å². The van der Waals surface area contributed by atoms with Crippen LogP contribution in [0.5, 0.6) is 0 Å². The van der Waals surface area contributed by atoms with Gasteiger partial charge in [0.15, 0.2) is 6.23 Å². The molecular formula is C23H25N5O3S. The summed E-state index contributed by atoms with van der Waals surface area (Å²) in [5.74, 6) is 1.24. The molecule has 0 saturated carbocycles. The molecule has 166 valence electrons. The number of ether oxygens (including phenoxy) is 1. The van der Waals surface area contributed by atoms with Gasteiger partial charge in [-0.25, -0.2) is 18.4 Å². The maximum Gasteiger partial charge on any atom is 0.245 e. The quantitative estimate of drug-likeness (QED) is 0.638. The van der Waals surface area contributed by atoms with E-state index in [-0.39, 0.29) is 10.9 Å². The van der Waals surface area contributed by atoms with Crippen LogP contribution in [-0.4, -0.2) is 48.9 Å². The smallest absolute Gasteiger partial charge is 0.245 e. The highest BCUT2D eigenvalue weighted by Crippen LogP contribution is 2.43. The van der Waals surface area contributed by atoms with Gasteiger partial charge in [-0.15, -0.1) is 0 Å². The maximum absolute atomic E-state index is 13.7. The van der Waals surface area contributed by atoms with Crippen LogP contribution in [0.3, 0.4) is 0 Å². The number of benzene rings is 2. The molecule has 8 nitrogen and oxygen atoms in total. The van der Waals surface area contributed by atoms with E-state index in [4.69, 9.17) is 4.74 Å². The van der Waals surface area contributed by atoms with E-state index in [1.54, 1.807) is 12.1 Å². The molecule has 0 unspecified atom stereocenters. The summed E-state index contributed by atoms with van der Waals surface area (Å²) in [6.45, 7) is 3.26. The molecule has 5 rings (SSSR count). The normalized spacial score (nSPS) is 20.3. The van der Waals surface area contributed by atoms with Crippen LogP contribution in [0.2, 0.25) is 0 Å². The Hall–Kier alpha value is -3.01. The lowest BCUT2D eigenvalue weighted by atomic mass is 10.2. The van der Waals surface area contributed by atoms with Crippen molar-refractivity contribution in [3.63, 3.8) is 0 Å². The van der Waals surface area contributed by atoms with E-state index in [9.17, 15) is 8.42 Å². The number of rotatable bonds is 5. The fourth-order valence-corrected chi connectivity index (χ4v) is 5.93. The number of hydrogen-bond donors (Lipinski definition) is 1. The van der Waals surface area contributed by atoms with Gasteiger partial charge in [-0.1, -0.05) is 48.0 Å². The fraction of sp³-hybridized carbons (Fsp3) is 0.304. The van der Waals surface area contributed by atoms with Gasteiger partial charge < -0.3 is 15.0 Å². The molecule has 1 saturated heterocycles. The fourth-order valence-electron chi connectivity index (χ4n) is 4.26. The molecule has 2 atom stereocenters. The summed E-state index contributed by atoms with van der Waals surface area (Å²) in [7, 11) is -1.85. The molecule has 2 aliphatic heterocycles. The molecule has 1 fully saturated rings. The highest BCUT2D eigenvalue weighted by Gasteiger charge is 2.48. The van der Waals surface area contributed by atoms with Gasteiger partial charge in [-0.3, -0.25) is 0 Å². The first-order valence-electron chi connectivity index (χ1n) is 10.5. The van der Waals surface area contributed by atoms with Crippen LogP contribution < -0.4 is 10.2 Å². The second-order valence-corrected chi connectivity index (χ2v) is 10.0. The summed E-state index contributed by atoms with van der Waals surface area (Å²) in [5.41, 5.74) is 2.77. The summed E-state index contributed by atoms with van der Waals surface area (Å²) >= 11 is 0. The van der Waals surface area contributed by atoms with Crippen molar-refractivity contribution in [2.24, 2.45) is 0 Å². The van der Waals surface area contributed by atoms with Gasteiger partial charge in [0.1, 0.15) is 18.0 Å². The van der Waals surface area contributed by atoms with Gasteiger partial charge in [-0.05, 0) is 24.6 Å². The van der Waals surface area contributed by atoms with Crippen LogP contribution >= 0.6 is 0 Å². The van der Waals surface area contributed by atoms with Crippen molar-refractivity contribution in [2.75, 3.05) is 30.4 Å². The largest absolute Gasteiger partial charge is 0.368 e. The number of aromatic nitrogens is 2. The third-order valence-electron chi connectivity index (χ3n) is 5.87. The zero-order chi connectivity index (χ0) is 22.3. The Kier molecular flexibility index (Phi) is 5.32. The monoisotopic (exact) mass is 451 g/mol. The third-order valence-corrected chi connectivity index (χ3v) is 7.79. The highest BCUT2D eigenvalue weighted by atomic mass is 32.2. The summed E-state index contributed by atoms with van der Waals surface area (Å²) in [5, 5.41) is 3.31. The first-order chi connectivity index (χ1) is 15.4. The summed E-state index contributed by atoms with van der Waals surface area (Å²) in [6, 6.07) is 16.6. The minimum Gasteiger partial charge on any atom is -0.368 e. The average molecular weight is 452 g/mol. The summed E-state index contributed by atoms with van der Waals surface area (Å²) in [6.07, 6.45) is 0.700. The van der Waals surface area contributed by atoms with Gasteiger partial charge in [0, 0.05) is 20.1 Å². The van der Waals surface area contributed by atoms with Crippen molar-refractivity contribution in [1.29, 1.82) is 0 Å². The van der Waals surface area contributed by atoms with Gasteiger partial charge >= 0.3 is 0 Å². The predicted octanol–water partition coefficient (Wildman–Crippen LogP) is 2.94. The van der Waals surface area contributed by atoms with E-state index >= 15 is 0 Å². The van der Waals surface area contributed by atoms with E-state index in [1.807, 2.05) is 61.3 Å². The van der Waals surface area contributed by atoms with Crippen molar-refractivity contribution in [3.8, 4) is 0 Å². The number of aryl methyl sites for hydroxylation is 1. The second kappa shape index (κ2) is 8.16. The molecule has 1 N–H and O–H groups in total. The van der Waals surface area contributed by atoms with E-state index in [0.29, 0.717) is 36.9 Å². The standard InChI is InChI=1S/C23H25N5O3S/c1-16-8-10-19(11-9-16)32(29,30)28-18-12-24-21-20(23(28)31-14-18)22(26-15-25-21)27(2)13-17-6-4-3-5-7-17/h3-11,15,18,23H,12-14H2,1-2H3,(H,24,25,26)/t18-,23-/m0/s1. The molecule has 0 radical (unpaired) electrons. The van der Waals surface area contributed by atoms with Gasteiger partial charge in [0.25, 0.3) is 0 Å². The first-order valence-corrected chi connectivity index (χ1v) is 11.9. The number of nitrogens with one attached hydrogen (secondary N) is 1. The SMILES string of the molecule is Cc1ccc(S(=O)(=O)N2[C@H]3CNc4ncnc(N(C)Cc5ccccc5)c4[C@@H]2OC3)cc1. The molecule has 0 aliphatic carbocycles. The molecule has 3 aromatic rings. The average Bonchev–Trinajstić information content (AvgIpc) is 3.14. The molecule has 3 heterocycles. The van der Waals surface area contributed by atoms with Crippen molar-refractivity contribution in [1.82, 2.24) is 14.3 Å². The van der Waals surface area contributed by atoms with Crippen molar-refractivity contribution >= 4 is 21.7 Å². The molecular weight excluding hydrogens is 426 g/mol. The van der Waals surface area contributed by atoms with E-state index in [0.717, 1.165) is 11.1 Å². The Labute approximate surface area is 187 Å². The Morgan fingerprint density at radius 2 is 1.88 bits per heavy atom. The summed E-state index contributed by atoms with van der Waals surface area (Å²) in [4.78, 5) is 11.2. The lowest BCUT2D eigenvalue weighted by Gasteiger charge is -2.28. The Balaban J connectivity index is 1.56. The van der Waals surface area contributed by atoms with Crippen molar-refractivity contribution in [2.45, 2.75) is 30.6 Å². The van der Waals surface area contributed by atoms with Crippen molar-refractivity contribution < 1.29 is 13.2 Å². The Morgan fingerprint density at radius 1 is 1.12 bits per heavy atom. The van der Waals surface area contributed by atoms with Crippen LogP contribution in [0.25, 0.3) is 0 Å². The van der Waals surface area contributed by atoms with Crippen LogP contribution in [0.15, 0.2) is 65.8 Å². The second-order valence-electron chi connectivity index (χ2n) is 8.17. The Bertz CT molecular complexity index is 1220. The first kappa shape index (κ1) is 20.9. The lowest BCUT2D eigenvalue weighted by Crippen LogP contribution is -2.40. The van der Waals surface area contributed by atoms with Gasteiger partial charge in [0.05, 0.1) is 23.1 Å². The number of sulfonamides is 1. The van der Waals surface area contributed by atoms with E-state index < -0.39 is 16.3 Å². The van der Waals surface area contributed by atoms with Crippen LogP contribution in [-0.2, 0) is 21.3 Å². The Morgan fingerprint density at radius 3 is 2.62 bits per heavy atom. The van der Waals surface area contributed by atoms with Gasteiger partial charge in [-0.2, -0.15) is 4.31 Å². The zero-order valence-electron chi connectivity index (χ0n) is 18.0. The minimum atomic E-state index is -3.79. The van der Waals surface area contributed by atoms with Crippen LogP contribution in [0.4, 0.5) is 11.6 Å². The van der Waals surface area contributed by atoms with Crippen LogP contribution in [0, 0.1) is 6.92 Å². The number of anilines is 2. The number of hydrogen-bond acceptors (Lipinski definition) is 7. The molecule has 0 amide bonds. The lowest BCUT2D eigenvalue weighted by molar-refractivity contribution is 0.0688.